The maximum Gasteiger partial charge on any atom is 0.292 e. The van der Waals surface area contributed by atoms with Crippen LogP contribution in [0, 0.1) is 23.4 Å². The lowest BCUT2D eigenvalue weighted by atomic mass is 10.1. The topological polar surface area (TPSA) is 86.8 Å². The van der Waals surface area contributed by atoms with E-state index in [1.54, 1.807) is 41.2 Å². The number of nitriles is 1. The van der Waals surface area contributed by atoms with Crippen LogP contribution in [0.4, 0.5) is 0 Å². The van der Waals surface area contributed by atoms with Gasteiger partial charge in [0.2, 0.25) is 0 Å². The molecule has 8 nitrogen and oxygen atoms in total. The summed E-state index contributed by atoms with van der Waals surface area (Å²) in [4.78, 5) is 21.3. The van der Waals surface area contributed by atoms with Gasteiger partial charge in [0.1, 0.15) is 11.4 Å². The minimum Gasteiger partial charge on any atom is -0.388 e. The number of likely N-dealkylation sites (N-methyl/N-ethyl adjacent to an activating group) is 1. The highest BCUT2D eigenvalue weighted by Gasteiger charge is 2.20. The summed E-state index contributed by atoms with van der Waals surface area (Å²) >= 11 is 0. The fourth-order valence-electron chi connectivity index (χ4n) is 3.88. The highest BCUT2D eigenvalue weighted by molar-refractivity contribution is 5.94. The Hall–Kier alpha value is -4.66. The van der Waals surface area contributed by atoms with E-state index in [4.69, 9.17) is 15.1 Å². The molecule has 4 aromatic rings. The first-order valence-corrected chi connectivity index (χ1v) is 11.2. The van der Waals surface area contributed by atoms with Crippen LogP contribution in [-0.4, -0.2) is 63.5 Å². The molecule has 1 saturated heterocycles. The van der Waals surface area contributed by atoms with E-state index in [0.717, 1.165) is 43.0 Å². The van der Waals surface area contributed by atoms with Gasteiger partial charge >= 0.3 is 0 Å². The number of imidazole rings is 1. The average Bonchev–Trinajstić information content (AvgIpc) is 3.31. The van der Waals surface area contributed by atoms with E-state index in [2.05, 4.69) is 28.8 Å². The van der Waals surface area contributed by atoms with Crippen LogP contribution in [0.15, 0.2) is 66.9 Å². The molecule has 172 valence electrons. The molecule has 0 radical (unpaired) electrons. The number of nitrogens with zero attached hydrogens (tertiary/aromatic N) is 6. The van der Waals surface area contributed by atoms with Crippen LogP contribution >= 0.6 is 0 Å². The molecule has 0 atom stereocenters. The van der Waals surface area contributed by atoms with Gasteiger partial charge in [0.05, 0.1) is 11.9 Å². The van der Waals surface area contributed by atoms with Gasteiger partial charge in [-0.15, -0.1) is 5.26 Å². The van der Waals surface area contributed by atoms with Crippen molar-refractivity contribution in [2.24, 2.45) is 0 Å². The highest BCUT2D eigenvalue weighted by Crippen LogP contribution is 2.20. The van der Waals surface area contributed by atoms with Crippen LogP contribution in [0.3, 0.4) is 0 Å². The second kappa shape index (κ2) is 9.68. The van der Waals surface area contributed by atoms with Crippen molar-refractivity contribution in [3.8, 4) is 35.1 Å². The van der Waals surface area contributed by atoms with Crippen molar-refractivity contribution in [3.05, 3.63) is 83.7 Å². The Balaban J connectivity index is 1.36. The molecule has 3 heterocycles. The average molecular weight is 463 g/mol. The van der Waals surface area contributed by atoms with E-state index in [9.17, 15) is 4.79 Å². The van der Waals surface area contributed by atoms with Crippen LogP contribution in [0.5, 0.6) is 5.75 Å². The Bertz CT molecular complexity index is 1460. The second-order valence-corrected chi connectivity index (χ2v) is 8.27. The Morgan fingerprint density at radius 1 is 0.943 bits per heavy atom. The normalized spacial score (nSPS) is 13.7. The molecule has 8 heteroatoms. The minimum atomic E-state index is 0.0625. The number of hydrogen-bond acceptors (Lipinski definition) is 6. The zero-order valence-corrected chi connectivity index (χ0v) is 19.2. The van der Waals surface area contributed by atoms with Gasteiger partial charge in [0, 0.05) is 42.9 Å². The van der Waals surface area contributed by atoms with Gasteiger partial charge in [0.25, 0.3) is 12.2 Å². The maximum atomic E-state index is 12.8. The van der Waals surface area contributed by atoms with Crippen molar-refractivity contribution in [2.75, 3.05) is 33.2 Å². The summed E-state index contributed by atoms with van der Waals surface area (Å²) in [5.74, 6) is 6.72. The van der Waals surface area contributed by atoms with Gasteiger partial charge in [-0.1, -0.05) is 18.1 Å². The molecule has 1 aliphatic heterocycles. The number of hydrogen-bond donors (Lipinski definition) is 0. The number of piperazine rings is 1. The first-order chi connectivity index (χ1) is 17.1. The van der Waals surface area contributed by atoms with Gasteiger partial charge in [-0.05, 0) is 61.5 Å². The van der Waals surface area contributed by atoms with E-state index in [1.165, 1.54) is 0 Å². The van der Waals surface area contributed by atoms with E-state index in [1.807, 2.05) is 41.3 Å². The summed E-state index contributed by atoms with van der Waals surface area (Å²) in [6.45, 7) is 3.28. The smallest absolute Gasteiger partial charge is 0.292 e. The molecular formula is C27H22N6O2. The molecule has 1 amide bonds. The molecule has 0 N–H and O–H groups in total. The van der Waals surface area contributed by atoms with Crippen molar-refractivity contribution < 1.29 is 9.53 Å². The van der Waals surface area contributed by atoms with Gasteiger partial charge in [0.15, 0.2) is 5.65 Å². The van der Waals surface area contributed by atoms with Crippen molar-refractivity contribution in [1.29, 1.82) is 5.26 Å². The van der Waals surface area contributed by atoms with E-state index < -0.39 is 0 Å². The number of rotatable bonds is 3. The molecule has 0 unspecified atom stereocenters. The fourth-order valence-corrected chi connectivity index (χ4v) is 3.88. The SMILES string of the molecule is CN1CCN(C(=O)c2ccc(-c3ccc4ncc(C#Cc5ccc(OC#N)cc5)n4n3)cc2)CC1. The number of ether oxygens (including phenoxy) is 1. The summed E-state index contributed by atoms with van der Waals surface area (Å²) in [6.07, 6.45) is 3.33. The zero-order valence-electron chi connectivity index (χ0n) is 19.2. The standard InChI is InChI=1S/C27H22N6O2/c1-31-14-16-32(17-15-31)27(34)22-7-5-21(6-8-22)25-12-13-26-29-18-23(33(26)30-25)9-2-20-3-10-24(11-4-20)35-19-28/h3-8,10-13,18H,14-17H2,1H3. The summed E-state index contributed by atoms with van der Waals surface area (Å²) < 4.78 is 6.50. The van der Waals surface area contributed by atoms with E-state index in [-0.39, 0.29) is 5.91 Å². The van der Waals surface area contributed by atoms with E-state index in [0.29, 0.717) is 22.7 Å². The third kappa shape index (κ3) is 4.84. The number of carbonyl (C=O) groups excluding carboxylic acids is 1. The quantitative estimate of drug-likeness (QED) is 0.344. The molecule has 0 aliphatic carbocycles. The summed E-state index contributed by atoms with van der Waals surface area (Å²) in [5, 5.41) is 13.3. The molecule has 0 spiro atoms. The monoisotopic (exact) mass is 462 g/mol. The predicted octanol–water partition coefficient (Wildman–Crippen LogP) is 3.04. The predicted molar refractivity (Wildman–Crippen MR) is 130 cm³/mol. The lowest BCUT2D eigenvalue weighted by Crippen LogP contribution is -2.47. The van der Waals surface area contributed by atoms with Crippen LogP contribution in [0.1, 0.15) is 21.6 Å². The molecule has 0 bridgehead atoms. The molecule has 35 heavy (non-hydrogen) atoms. The van der Waals surface area contributed by atoms with Gasteiger partial charge < -0.3 is 14.5 Å². The number of fused-ring (bicyclic) bond motifs is 1. The maximum absolute atomic E-state index is 12.8. The number of carbonyl (C=O) groups is 1. The van der Waals surface area contributed by atoms with Gasteiger partial charge in [-0.2, -0.15) is 5.10 Å². The summed E-state index contributed by atoms with van der Waals surface area (Å²) in [6, 6.07) is 18.3. The van der Waals surface area contributed by atoms with Crippen molar-refractivity contribution in [3.63, 3.8) is 0 Å². The van der Waals surface area contributed by atoms with Crippen LogP contribution in [0.25, 0.3) is 16.9 Å². The fraction of sp³-hybridized carbons (Fsp3) is 0.185. The Morgan fingerprint density at radius 3 is 2.40 bits per heavy atom. The third-order valence-corrected chi connectivity index (χ3v) is 5.93. The molecule has 5 rings (SSSR count). The van der Waals surface area contributed by atoms with Crippen molar-refractivity contribution >= 4 is 11.6 Å². The Morgan fingerprint density at radius 2 is 1.69 bits per heavy atom. The first kappa shape index (κ1) is 22.1. The summed E-state index contributed by atoms with van der Waals surface area (Å²) in [7, 11) is 2.07. The zero-order chi connectivity index (χ0) is 24.2. The van der Waals surface area contributed by atoms with Crippen LogP contribution in [-0.2, 0) is 0 Å². The molecule has 2 aromatic heterocycles. The Kier molecular flexibility index (Phi) is 6.13. The third-order valence-electron chi connectivity index (χ3n) is 5.93. The second-order valence-electron chi connectivity index (χ2n) is 8.27. The first-order valence-electron chi connectivity index (χ1n) is 11.2. The van der Waals surface area contributed by atoms with Gasteiger partial charge in [-0.25, -0.2) is 9.50 Å². The number of benzene rings is 2. The molecule has 1 aliphatic rings. The lowest BCUT2D eigenvalue weighted by molar-refractivity contribution is 0.0664. The Labute approximate surface area is 203 Å². The minimum absolute atomic E-state index is 0.0625. The van der Waals surface area contributed by atoms with Crippen LogP contribution < -0.4 is 4.74 Å². The van der Waals surface area contributed by atoms with Crippen molar-refractivity contribution in [1.82, 2.24) is 24.4 Å². The molecule has 2 aromatic carbocycles. The van der Waals surface area contributed by atoms with Crippen molar-refractivity contribution in [2.45, 2.75) is 0 Å². The molecular weight excluding hydrogens is 440 g/mol. The van der Waals surface area contributed by atoms with E-state index >= 15 is 0 Å². The largest absolute Gasteiger partial charge is 0.388 e. The molecule has 0 saturated carbocycles. The number of amides is 1. The summed E-state index contributed by atoms with van der Waals surface area (Å²) in [5.41, 5.74) is 4.47. The molecule has 1 fully saturated rings. The number of aromatic nitrogens is 3. The van der Waals surface area contributed by atoms with Gasteiger partial charge in [-0.3, -0.25) is 4.79 Å². The lowest BCUT2D eigenvalue weighted by Gasteiger charge is -2.32. The highest BCUT2D eigenvalue weighted by atomic mass is 16.5. The van der Waals surface area contributed by atoms with Crippen LogP contribution in [0.2, 0.25) is 0 Å².